The minimum atomic E-state index is -0.352. The van der Waals surface area contributed by atoms with E-state index < -0.39 is 0 Å². The van der Waals surface area contributed by atoms with Crippen LogP contribution in [-0.4, -0.2) is 27.3 Å². The molecular formula is C19H18N4O2S. The van der Waals surface area contributed by atoms with Crippen molar-refractivity contribution >= 4 is 23.3 Å². The molecule has 0 spiro atoms. The Balaban J connectivity index is 1.84. The Morgan fingerprint density at radius 1 is 1.27 bits per heavy atom. The minimum absolute atomic E-state index is 0.326. The number of carbonyl (C=O) groups excluding carboxylic acids is 1. The molecule has 1 aliphatic rings. The quantitative estimate of drug-likeness (QED) is 0.710. The second kappa shape index (κ2) is 6.76. The van der Waals surface area contributed by atoms with Gasteiger partial charge in [-0.2, -0.15) is 4.98 Å². The van der Waals surface area contributed by atoms with Gasteiger partial charge in [-0.15, -0.1) is 16.4 Å². The van der Waals surface area contributed by atoms with Crippen molar-refractivity contribution in [2.24, 2.45) is 0 Å². The highest BCUT2D eigenvalue weighted by atomic mass is 32.1. The van der Waals surface area contributed by atoms with Gasteiger partial charge in [-0.1, -0.05) is 36.4 Å². The van der Waals surface area contributed by atoms with Gasteiger partial charge in [0.15, 0.2) is 5.82 Å². The molecule has 0 fully saturated rings. The lowest BCUT2D eigenvalue weighted by molar-refractivity contribution is -0.139. The van der Waals surface area contributed by atoms with Crippen LogP contribution in [0.15, 0.2) is 59.1 Å². The van der Waals surface area contributed by atoms with Crippen LogP contribution >= 0.6 is 11.3 Å². The summed E-state index contributed by atoms with van der Waals surface area (Å²) in [6.45, 7) is 4.00. The van der Waals surface area contributed by atoms with Crippen LogP contribution in [0.3, 0.4) is 0 Å². The average Bonchev–Trinajstić information content (AvgIpc) is 3.31. The molecular weight excluding hydrogens is 348 g/mol. The highest BCUT2D eigenvalue weighted by Crippen LogP contribution is 2.38. The molecule has 1 N–H and O–H groups in total. The number of benzene rings is 1. The van der Waals surface area contributed by atoms with E-state index in [-0.39, 0.29) is 12.0 Å². The number of aromatic nitrogens is 3. The number of nitrogens with zero attached hydrogens (tertiary/aromatic N) is 3. The monoisotopic (exact) mass is 366 g/mol. The summed E-state index contributed by atoms with van der Waals surface area (Å²) < 4.78 is 7.06. The van der Waals surface area contributed by atoms with E-state index in [9.17, 15) is 4.79 Å². The molecule has 0 saturated carbocycles. The molecule has 0 amide bonds. The van der Waals surface area contributed by atoms with Gasteiger partial charge in [-0.05, 0) is 25.3 Å². The SMILES string of the molecule is CCOC(=O)C1=C(C)Nc2nc(-c3ccccc3)nn2C1c1cccs1. The zero-order chi connectivity index (χ0) is 18.1. The van der Waals surface area contributed by atoms with Gasteiger partial charge in [-0.3, -0.25) is 0 Å². The molecule has 132 valence electrons. The van der Waals surface area contributed by atoms with Crippen molar-refractivity contribution in [3.05, 3.63) is 64.0 Å². The van der Waals surface area contributed by atoms with Gasteiger partial charge in [0.2, 0.25) is 5.95 Å². The molecule has 2 aromatic heterocycles. The van der Waals surface area contributed by atoms with Crippen LogP contribution in [0, 0.1) is 0 Å². The van der Waals surface area contributed by atoms with Crippen molar-refractivity contribution < 1.29 is 9.53 Å². The second-order valence-electron chi connectivity index (χ2n) is 5.87. The molecule has 1 aliphatic heterocycles. The van der Waals surface area contributed by atoms with E-state index in [0.717, 1.165) is 16.1 Å². The Bertz CT molecular complexity index is 961. The first kappa shape index (κ1) is 16.5. The van der Waals surface area contributed by atoms with Crippen LogP contribution in [0.4, 0.5) is 5.95 Å². The first-order valence-corrected chi connectivity index (χ1v) is 9.27. The maximum atomic E-state index is 12.6. The summed E-state index contributed by atoms with van der Waals surface area (Å²) in [5.41, 5.74) is 2.23. The summed E-state index contributed by atoms with van der Waals surface area (Å²) in [5.74, 6) is 0.902. The number of anilines is 1. The maximum Gasteiger partial charge on any atom is 0.338 e. The Labute approximate surface area is 155 Å². The third-order valence-electron chi connectivity index (χ3n) is 4.19. The molecule has 0 radical (unpaired) electrons. The smallest absolute Gasteiger partial charge is 0.338 e. The van der Waals surface area contributed by atoms with Crippen LogP contribution in [0.25, 0.3) is 11.4 Å². The van der Waals surface area contributed by atoms with Crippen molar-refractivity contribution in [1.82, 2.24) is 14.8 Å². The topological polar surface area (TPSA) is 69.0 Å². The summed E-state index contributed by atoms with van der Waals surface area (Å²) in [7, 11) is 0. The maximum absolute atomic E-state index is 12.6. The normalized spacial score (nSPS) is 16.2. The van der Waals surface area contributed by atoms with Crippen LogP contribution in [-0.2, 0) is 9.53 Å². The molecule has 7 heteroatoms. The summed E-state index contributed by atoms with van der Waals surface area (Å²) >= 11 is 1.58. The van der Waals surface area contributed by atoms with E-state index in [4.69, 9.17) is 9.84 Å². The van der Waals surface area contributed by atoms with Crippen molar-refractivity contribution in [3.8, 4) is 11.4 Å². The Morgan fingerprint density at radius 2 is 2.08 bits per heavy atom. The van der Waals surface area contributed by atoms with Gasteiger partial charge in [0, 0.05) is 16.1 Å². The Morgan fingerprint density at radius 3 is 2.77 bits per heavy atom. The Kier molecular flexibility index (Phi) is 4.30. The highest BCUT2D eigenvalue weighted by molar-refractivity contribution is 7.10. The fourth-order valence-electron chi connectivity index (χ4n) is 3.04. The van der Waals surface area contributed by atoms with Gasteiger partial charge < -0.3 is 10.1 Å². The number of rotatable bonds is 4. The fourth-order valence-corrected chi connectivity index (χ4v) is 3.86. The second-order valence-corrected chi connectivity index (χ2v) is 6.85. The zero-order valence-electron chi connectivity index (χ0n) is 14.5. The van der Waals surface area contributed by atoms with E-state index in [1.165, 1.54) is 0 Å². The van der Waals surface area contributed by atoms with Gasteiger partial charge in [0.05, 0.1) is 12.2 Å². The number of nitrogens with one attached hydrogen (secondary N) is 1. The van der Waals surface area contributed by atoms with E-state index in [1.54, 1.807) is 22.9 Å². The molecule has 3 aromatic rings. The minimum Gasteiger partial charge on any atom is -0.463 e. The van der Waals surface area contributed by atoms with Crippen LogP contribution in [0.1, 0.15) is 24.8 Å². The van der Waals surface area contributed by atoms with E-state index >= 15 is 0 Å². The number of ether oxygens (including phenoxy) is 1. The van der Waals surface area contributed by atoms with E-state index in [1.807, 2.05) is 54.8 Å². The molecule has 1 atom stereocenters. The van der Waals surface area contributed by atoms with Crippen LogP contribution in [0.2, 0.25) is 0 Å². The Hall–Kier alpha value is -2.93. The van der Waals surface area contributed by atoms with Gasteiger partial charge in [-0.25, -0.2) is 9.48 Å². The number of carbonyl (C=O) groups is 1. The number of allylic oxidation sites excluding steroid dienone is 1. The molecule has 4 rings (SSSR count). The number of esters is 1. The molecule has 0 bridgehead atoms. The average molecular weight is 366 g/mol. The van der Waals surface area contributed by atoms with Crippen LogP contribution < -0.4 is 5.32 Å². The predicted molar refractivity (Wildman–Crippen MR) is 101 cm³/mol. The van der Waals surface area contributed by atoms with Crippen molar-refractivity contribution in [3.63, 3.8) is 0 Å². The molecule has 3 heterocycles. The van der Waals surface area contributed by atoms with Crippen molar-refractivity contribution in [2.75, 3.05) is 11.9 Å². The molecule has 6 nitrogen and oxygen atoms in total. The third kappa shape index (κ3) is 2.80. The first-order valence-electron chi connectivity index (χ1n) is 8.39. The summed E-state index contributed by atoms with van der Waals surface area (Å²) in [5, 5.41) is 9.89. The summed E-state index contributed by atoms with van der Waals surface area (Å²) in [6.07, 6.45) is 0. The first-order chi connectivity index (χ1) is 12.7. The van der Waals surface area contributed by atoms with Gasteiger partial charge in [0.1, 0.15) is 6.04 Å². The molecule has 1 aromatic carbocycles. The lowest BCUT2D eigenvalue weighted by Crippen LogP contribution is -2.29. The standard InChI is InChI=1S/C19H18N4O2S/c1-3-25-18(24)15-12(2)20-19-21-17(13-8-5-4-6-9-13)22-23(19)16(15)14-10-7-11-26-14/h4-11,16H,3H2,1-2H3,(H,20,21,22). The molecule has 26 heavy (non-hydrogen) atoms. The third-order valence-corrected chi connectivity index (χ3v) is 5.12. The van der Waals surface area contributed by atoms with Gasteiger partial charge >= 0.3 is 5.97 Å². The van der Waals surface area contributed by atoms with Crippen molar-refractivity contribution in [2.45, 2.75) is 19.9 Å². The lowest BCUT2D eigenvalue weighted by Gasteiger charge is -2.27. The van der Waals surface area contributed by atoms with E-state index in [2.05, 4.69) is 10.3 Å². The fraction of sp³-hybridized carbons (Fsp3) is 0.211. The molecule has 0 saturated heterocycles. The molecule has 0 aliphatic carbocycles. The summed E-state index contributed by atoms with van der Waals surface area (Å²) in [6, 6.07) is 13.4. The predicted octanol–water partition coefficient (Wildman–Crippen LogP) is 3.86. The van der Waals surface area contributed by atoms with Crippen LogP contribution in [0.5, 0.6) is 0 Å². The lowest BCUT2D eigenvalue weighted by atomic mass is 10.0. The number of hydrogen-bond acceptors (Lipinski definition) is 6. The van der Waals surface area contributed by atoms with Crippen molar-refractivity contribution in [1.29, 1.82) is 0 Å². The number of fused-ring (bicyclic) bond motifs is 1. The van der Waals surface area contributed by atoms with Gasteiger partial charge in [0.25, 0.3) is 0 Å². The largest absolute Gasteiger partial charge is 0.463 e. The number of hydrogen-bond donors (Lipinski definition) is 1. The highest BCUT2D eigenvalue weighted by Gasteiger charge is 2.35. The summed E-state index contributed by atoms with van der Waals surface area (Å²) in [4.78, 5) is 18.3. The number of thiophene rings is 1. The molecule has 1 unspecified atom stereocenters. The zero-order valence-corrected chi connectivity index (χ0v) is 15.3. The van der Waals surface area contributed by atoms with E-state index in [0.29, 0.717) is 24.0 Å².